The predicted octanol–water partition coefficient (Wildman–Crippen LogP) is 3.85. The van der Waals surface area contributed by atoms with Crippen LogP contribution in [0.3, 0.4) is 0 Å². The van der Waals surface area contributed by atoms with E-state index in [0.29, 0.717) is 5.92 Å². The van der Waals surface area contributed by atoms with Gasteiger partial charge in [0.25, 0.3) is 0 Å². The van der Waals surface area contributed by atoms with Crippen LogP contribution in [-0.4, -0.2) is 4.37 Å². The highest BCUT2D eigenvalue weighted by molar-refractivity contribution is 7.28. The van der Waals surface area contributed by atoms with Crippen molar-refractivity contribution in [1.82, 2.24) is 4.37 Å². The van der Waals surface area contributed by atoms with Crippen LogP contribution in [0.15, 0.2) is 0 Å². The van der Waals surface area contributed by atoms with Crippen molar-refractivity contribution in [3.8, 4) is 0 Å². The van der Waals surface area contributed by atoms with E-state index < -0.39 is 0 Å². The average Bonchev–Trinajstić information content (AvgIpc) is 2.67. The highest BCUT2D eigenvalue weighted by Crippen LogP contribution is 2.33. The van der Waals surface area contributed by atoms with Crippen LogP contribution in [0.4, 0.5) is 0 Å². The van der Waals surface area contributed by atoms with E-state index in [1.807, 2.05) is 0 Å². The van der Waals surface area contributed by atoms with Crippen molar-refractivity contribution in [3.63, 3.8) is 0 Å². The van der Waals surface area contributed by atoms with Crippen molar-refractivity contribution in [2.45, 2.75) is 40.5 Å². The molecule has 1 unspecified atom stereocenters. The fourth-order valence-electron chi connectivity index (χ4n) is 2.09. The van der Waals surface area contributed by atoms with Gasteiger partial charge in [-0.15, -0.1) is 9.24 Å². The lowest BCUT2D eigenvalue weighted by molar-refractivity contribution is 0.896. The van der Waals surface area contributed by atoms with Crippen LogP contribution in [0, 0.1) is 20.8 Å². The van der Waals surface area contributed by atoms with Crippen LogP contribution in [-0.2, 0) is 0 Å². The van der Waals surface area contributed by atoms with Gasteiger partial charge in [-0.05, 0) is 54.9 Å². The molecule has 0 aliphatic heterocycles. The Hall–Kier alpha value is -0.460. The molecule has 0 N–H and O–H groups in total. The fourth-order valence-corrected chi connectivity index (χ4v) is 3.54. The van der Waals surface area contributed by atoms with Gasteiger partial charge in [0.15, 0.2) is 0 Å². The summed E-state index contributed by atoms with van der Waals surface area (Å²) in [6.45, 7) is 11.1. The summed E-state index contributed by atoms with van der Waals surface area (Å²) in [5, 5.41) is 2.65. The van der Waals surface area contributed by atoms with Gasteiger partial charge in [0.05, 0.1) is 5.52 Å². The number of aryl methyl sites for hydroxylation is 1. The first-order valence-corrected chi connectivity index (χ1v) is 6.94. The maximum atomic E-state index is 4.62. The first kappa shape index (κ1) is 12.0. The lowest BCUT2D eigenvalue weighted by Gasteiger charge is -2.12. The standard InChI is InChI=1S/C13H18NPS/c1-6(2)13-10-8(4)7(3)9(5)12(15)11(10)14-16-13/h6H,15H2,1-5H3. The number of benzene rings is 1. The minimum Gasteiger partial charge on any atom is -0.192 e. The third-order valence-electron chi connectivity index (χ3n) is 3.40. The molecule has 0 amide bonds. The number of rotatable bonds is 1. The molecule has 86 valence electrons. The molecule has 0 radical (unpaired) electrons. The second-order valence-electron chi connectivity index (χ2n) is 4.71. The first-order chi connectivity index (χ1) is 7.45. The van der Waals surface area contributed by atoms with E-state index in [-0.39, 0.29) is 0 Å². The molecule has 0 saturated carbocycles. The van der Waals surface area contributed by atoms with Gasteiger partial charge in [0, 0.05) is 15.6 Å². The Kier molecular flexibility index (Phi) is 3.07. The van der Waals surface area contributed by atoms with Gasteiger partial charge in [-0.1, -0.05) is 13.8 Å². The van der Waals surface area contributed by atoms with Gasteiger partial charge >= 0.3 is 0 Å². The van der Waals surface area contributed by atoms with Crippen molar-refractivity contribution in [1.29, 1.82) is 0 Å². The van der Waals surface area contributed by atoms with Crippen molar-refractivity contribution in [2.24, 2.45) is 0 Å². The largest absolute Gasteiger partial charge is 0.192 e. The van der Waals surface area contributed by atoms with E-state index >= 15 is 0 Å². The molecule has 0 aliphatic carbocycles. The lowest BCUT2D eigenvalue weighted by atomic mass is 9.97. The average molecular weight is 251 g/mol. The van der Waals surface area contributed by atoms with E-state index in [0.717, 1.165) is 0 Å². The molecule has 0 fully saturated rings. The summed E-state index contributed by atoms with van der Waals surface area (Å²) >= 11 is 1.65. The number of hydrogen-bond donors (Lipinski definition) is 0. The van der Waals surface area contributed by atoms with Crippen LogP contribution in [0.2, 0.25) is 0 Å². The van der Waals surface area contributed by atoms with Crippen molar-refractivity contribution in [2.75, 3.05) is 0 Å². The number of hydrogen-bond acceptors (Lipinski definition) is 2. The highest BCUT2D eigenvalue weighted by Gasteiger charge is 2.17. The van der Waals surface area contributed by atoms with E-state index in [1.54, 1.807) is 11.5 Å². The van der Waals surface area contributed by atoms with Crippen molar-refractivity contribution >= 4 is 37.0 Å². The molecule has 3 heteroatoms. The van der Waals surface area contributed by atoms with Gasteiger partial charge in [0.1, 0.15) is 0 Å². The Morgan fingerprint density at radius 1 is 1.06 bits per heavy atom. The second kappa shape index (κ2) is 4.09. The van der Waals surface area contributed by atoms with E-state index in [4.69, 9.17) is 0 Å². The van der Waals surface area contributed by atoms with E-state index in [9.17, 15) is 0 Å². The van der Waals surface area contributed by atoms with Gasteiger partial charge < -0.3 is 0 Å². The minimum atomic E-state index is 0.556. The molecular weight excluding hydrogens is 233 g/mol. The molecule has 2 aromatic rings. The van der Waals surface area contributed by atoms with Gasteiger partial charge in [-0.25, -0.2) is 0 Å². The molecule has 1 aromatic heterocycles. The Morgan fingerprint density at radius 2 is 1.69 bits per heavy atom. The zero-order chi connectivity index (χ0) is 12.0. The summed E-state index contributed by atoms with van der Waals surface area (Å²) in [6, 6.07) is 0. The molecule has 0 bridgehead atoms. The number of nitrogens with zero attached hydrogens (tertiary/aromatic N) is 1. The molecule has 1 heterocycles. The minimum absolute atomic E-state index is 0.556. The van der Waals surface area contributed by atoms with Gasteiger partial charge in [-0.2, -0.15) is 4.37 Å². The Balaban J connectivity index is 2.94. The lowest BCUT2D eigenvalue weighted by Crippen LogP contribution is -2.04. The molecule has 16 heavy (non-hydrogen) atoms. The quantitative estimate of drug-likeness (QED) is 0.702. The molecule has 0 saturated heterocycles. The highest BCUT2D eigenvalue weighted by atomic mass is 32.1. The zero-order valence-electron chi connectivity index (χ0n) is 10.5. The molecule has 2 rings (SSSR count). The normalized spacial score (nSPS) is 11.7. The van der Waals surface area contributed by atoms with E-state index in [1.165, 1.54) is 37.8 Å². The third kappa shape index (κ3) is 1.59. The maximum Gasteiger partial charge on any atom is 0.0920 e. The van der Waals surface area contributed by atoms with Gasteiger partial charge in [-0.3, -0.25) is 0 Å². The first-order valence-electron chi connectivity index (χ1n) is 5.59. The molecule has 1 atom stereocenters. The topological polar surface area (TPSA) is 12.9 Å². The van der Waals surface area contributed by atoms with Crippen molar-refractivity contribution < 1.29 is 0 Å². The molecule has 1 nitrogen and oxygen atoms in total. The Labute approximate surface area is 104 Å². The third-order valence-corrected chi connectivity index (χ3v) is 5.25. The van der Waals surface area contributed by atoms with Crippen LogP contribution >= 0.6 is 20.8 Å². The predicted molar refractivity (Wildman–Crippen MR) is 77.3 cm³/mol. The smallest absolute Gasteiger partial charge is 0.0920 e. The molecule has 0 spiro atoms. The molecular formula is C13H18NPS. The number of fused-ring (bicyclic) bond motifs is 1. The summed E-state index contributed by atoms with van der Waals surface area (Å²) in [5.74, 6) is 0.556. The van der Waals surface area contributed by atoms with Gasteiger partial charge in [0.2, 0.25) is 0 Å². The number of aromatic nitrogens is 1. The summed E-state index contributed by atoms with van der Waals surface area (Å²) in [6.07, 6.45) is 0. The van der Waals surface area contributed by atoms with Crippen LogP contribution in [0.1, 0.15) is 41.3 Å². The molecule has 0 aliphatic rings. The maximum absolute atomic E-state index is 4.62. The van der Waals surface area contributed by atoms with Crippen LogP contribution < -0.4 is 5.30 Å². The Morgan fingerprint density at radius 3 is 2.25 bits per heavy atom. The summed E-state index contributed by atoms with van der Waals surface area (Å²) in [4.78, 5) is 1.42. The van der Waals surface area contributed by atoms with E-state index in [2.05, 4.69) is 48.2 Å². The SMILES string of the molecule is Cc1c(C)c(C)c2c(C(C)C)snc2c1P. The fraction of sp³-hybridized carbons (Fsp3) is 0.462. The second-order valence-corrected chi connectivity index (χ2v) is 6.10. The van der Waals surface area contributed by atoms with Crippen molar-refractivity contribution in [3.05, 3.63) is 21.6 Å². The summed E-state index contributed by atoms with van der Waals surface area (Å²) < 4.78 is 4.62. The molecule has 1 aromatic carbocycles. The van der Waals surface area contributed by atoms with Crippen LogP contribution in [0.25, 0.3) is 10.9 Å². The monoisotopic (exact) mass is 251 g/mol. The van der Waals surface area contributed by atoms with Crippen LogP contribution in [0.5, 0.6) is 0 Å². The summed E-state index contributed by atoms with van der Waals surface area (Å²) in [7, 11) is 2.85. The zero-order valence-corrected chi connectivity index (χ0v) is 12.5. The Bertz CT molecular complexity index is 555. The summed E-state index contributed by atoms with van der Waals surface area (Å²) in [5.41, 5.74) is 5.34.